The average molecular weight is 523 g/mol. The summed E-state index contributed by atoms with van der Waals surface area (Å²) in [5, 5.41) is 12.8. The molecule has 6 nitrogen and oxygen atoms in total. The van der Waals surface area contributed by atoms with Gasteiger partial charge in [0, 0.05) is 42.8 Å². The Morgan fingerprint density at radius 2 is 1.83 bits per heavy atom. The van der Waals surface area contributed by atoms with Gasteiger partial charge in [-0.15, -0.1) is 0 Å². The van der Waals surface area contributed by atoms with Crippen molar-refractivity contribution in [2.45, 2.75) is 19.0 Å². The monoisotopic (exact) mass is 522 g/mol. The van der Waals surface area contributed by atoms with Gasteiger partial charge >= 0.3 is 0 Å². The van der Waals surface area contributed by atoms with Crippen LogP contribution in [0.25, 0.3) is 4.85 Å². The lowest BCUT2D eigenvalue weighted by atomic mass is 9.98. The Balaban J connectivity index is 1.61. The van der Waals surface area contributed by atoms with Crippen LogP contribution < -0.4 is 10.2 Å². The second kappa shape index (κ2) is 11.8. The Labute approximate surface area is 221 Å². The van der Waals surface area contributed by atoms with Gasteiger partial charge in [-0.2, -0.15) is 0 Å². The van der Waals surface area contributed by atoms with Crippen molar-refractivity contribution < 1.29 is 9.90 Å². The molecule has 186 valence electrons. The predicted molar refractivity (Wildman–Crippen MR) is 145 cm³/mol. The van der Waals surface area contributed by atoms with Crippen molar-refractivity contribution in [2.24, 2.45) is 0 Å². The quantitative estimate of drug-likeness (QED) is 0.379. The summed E-state index contributed by atoms with van der Waals surface area (Å²) < 4.78 is 0. The fourth-order valence-corrected chi connectivity index (χ4v) is 5.02. The highest BCUT2D eigenvalue weighted by Crippen LogP contribution is 2.38. The summed E-state index contributed by atoms with van der Waals surface area (Å²) in [6, 6.07) is 21.2. The molecule has 0 spiro atoms. The van der Waals surface area contributed by atoms with E-state index in [2.05, 4.69) is 26.9 Å². The number of halogens is 2. The van der Waals surface area contributed by atoms with Gasteiger partial charge in [-0.25, -0.2) is 4.85 Å². The molecule has 8 heteroatoms. The van der Waals surface area contributed by atoms with E-state index >= 15 is 0 Å². The minimum absolute atomic E-state index is 0.0209. The highest BCUT2D eigenvalue weighted by Gasteiger charge is 2.32. The van der Waals surface area contributed by atoms with E-state index in [4.69, 9.17) is 34.9 Å². The molecule has 1 aliphatic heterocycles. The predicted octanol–water partition coefficient (Wildman–Crippen LogP) is 5.89. The summed E-state index contributed by atoms with van der Waals surface area (Å²) in [7, 11) is 0. The first-order chi connectivity index (χ1) is 17.4. The van der Waals surface area contributed by atoms with Gasteiger partial charge in [-0.1, -0.05) is 59.6 Å². The number of anilines is 1. The maximum Gasteiger partial charge on any atom is 0.251 e. The Hall–Kier alpha value is -3.08. The Morgan fingerprint density at radius 1 is 1.11 bits per heavy atom. The van der Waals surface area contributed by atoms with Crippen molar-refractivity contribution >= 4 is 40.5 Å². The molecule has 3 aromatic carbocycles. The van der Waals surface area contributed by atoms with E-state index in [1.807, 2.05) is 54.6 Å². The second-order valence-corrected chi connectivity index (χ2v) is 9.62. The van der Waals surface area contributed by atoms with Gasteiger partial charge in [0.15, 0.2) is 5.69 Å². The zero-order chi connectivity index (χ0) is 25.7. The van der Waals surface area contributed by atoms with Crippen LogP contribution in [-0.4, -0.2) is 48.7 Å². The first-order valence-electron chi connectivity index (χ1n) is 11.8. The molecule has 36 heavy (non-hydrogen) atoms. The molecule has 0 bridgehead atoms. The summed E-state index contributed by atoms with van der Waals surface area (Å²) >= 11 is 12.9. The van der Waals surface area contributed by atoms with E-state index in [9.17, 15) is 4.79 Å². The van der Waals surface area contributed by atoms with Crippen LogP contribution in [0.3, 0.4) is 0 Å². The number of nitrogens with one attached hydrogen (secondary N) is 1. The van der Waals surface area contributed by atoms with Crippen molar-refractivity contribution in [3.05, 3.63) is 105 Å². The van der Waals surface area contributed by atoms with Gasteiger partial charge in [0.25, 0.3) is 5.91 Å². The summed E-state index contributed by atoms with van der Waals surface area (Å²) in [4.78, 5) is 20.5. The van der Waals surface area contributed by atoms with E-state index in [1.54, 1.807) is 12.1 Å². The number of benzene rings is 3. The van der Waals surface area contributed by atoms with Gasteiger partial charge in [0.2, 0.25) is 0 Å². The van der Waals surface area contributed by atoms with E-state index in [1.165, 1.54) is 5.56 Å². The van der Waals surface area contributed by atoms with Crippen LogP contribution in [0, 0.1) is 6.57 Å². The first-order valence-corrected chi connectivity index (χ1v) is 12.6. The van der Waals surface area contributed by atoms with Gasteiger partial charge < -0.3 is 15.3 Å². The summed E-state index contributed by atoms with van der Waals surface area (Å²) in [6.45, 7) is 11.8. The molecular formula is C28H28Cl2N4O2. The molecule has 1 fully saturated rings. The number of amides is 1. The third-order valence-corrected chi connectivity index (χ3v) is 7.19. The van der Waals surface area contributed by atoms with Crippen LogP contribution >= 0.6 is 23.2 Å². The van der Waals surface area contributed by atoms with Gasteiger partial charge in [-0.05, 0) is 48.4 Å². The smallest absolute Gasteiger partial charge is 0.251 e. The molecule has 1 saturated heterocycles. The van der Waals surface area contributed by atoms with E-state index in [0.717, 1.165) is 30.9 Å². The maximum absolute atomic E-state index is 12.3. The molecule has 2 N–H and O–H groups in total. The van der Waals surface area contributed by atoms with Gasteiger partial charge in [0.05, 0.1) is 29.9 Å². The Morgan fingerprint density at radius 3 is 2.47 bits per heavy atom. The lowest BCUT2D eigenvalue weighted by molar-refractivity contribution is 0.0945. The largest absolute Gasteiger partial charge is 0.395 e. The van der Waals surface area contributed by atoms with E-state index < -0.39 is 0 Å². The molecule has 1 heterocycles. The second-order valence-electron chi connectivity index (χ2n) is 8.78. The molecule has 0 radical (unpaired) electrons. The van der Waals surface area contributed by atoms with Crippen molar-refractivity contribution in [3.8, 4) is 0 Å². The molecule has 0 aliphatic carbocycles. The zero-order valence-corrected chi connectivity index (χ0v) is 21.5. The minimum Gasteiger partial charge on any atom is -0.395 e. The fourth-order valence-electron chi connectivity index (χ4n) is 4.61. The van der Waals surface area contributed by atoms with Crippen LogP contribution in [0.1, 0.15) is 40.5 Å². The van der Waals surface area contributed by atoms with E-state index in [0.29, 0.717) is 21.3 Å². The summed E-state index contributed by atoms with van der Waals surface area (Å²) in [5.74, 6) is -0.269. The highest BCUT2D eigenvalue weighted by atomic mass is 35.5. The van der Waals surface area contributed by atoms with Crippen molar-refractivity contribution in [1.82, 2.24) is 10.2 Å². The number of rotatable bonds is 7. The number of carbonyl (C=O) groups excluding carboxylic acids is 1. The highest BCUT2D eigenvalue weighted by molar-refractivity contribution is 6.33. The molecule has 0 saturated carbocycles. The Bertz CT molecular complexity index is 1240. The number of piperazine rings is 1. The third-order valence-electron chi connectivity index (χ3n) is 6.64. The Kier molecular flexibility index (Phi) is 8.50. The molecular weight excluding hydrogens is 495 g/mol. The lowest BCUT2D eigenvalue weighted by Gasteiger charge is -2.45. The SMILES string of the molecule is [C-]#[N+]c1ccc([C@@H](C)N2CCN(c3ccc(C(=O)NCCO)cc3Cl)[C@H](c3ccc(Cl)cc3)C2)cc1. The van der Waals surface area contributed by atoms with Crippen LogP contribution in [0.5, 0.6) is 0 Å². The van der Waals surface area contributed by atoms with Crippen LogP contribution in [-0.2, 0) is 0 Å². The first kappa shape index (κ1) is 26.0. The zero-order valence-electron chi connectivity index (χ0n) is 20.0. The molecule has 0 aromatic heterocycles. The molecule has 2 atom stereocenters. The minimum atomic E-state index is -0.269. The van der Waals surface area contributed by atoms with Crippen LogP contribution in [0.2, 0.25) is 10.0 Å². The average Bonchev–Trinajstić information content (AvgIpc) is 2.91. The number of aliphatic hydroxyl groups is 1. The number of aliphatic hydroxyl groups excluding tert-OH is 1. The molecule has 3 aromatic rings. The molecule has 1 amide bonds. The number of hydrogen-bond donors (Lipinski definition) is 2. The number of carbonyl (C=O) groups is 1. The van der Waals surface area contributed by atoms with E-state index in [-0.39, 0.29) is 31.1 Å². The van der Waals surface area contributed by atoms with Gasteiger partial charge in [-0.3, -0.25) is 9.69 Å². The maximum atomic E-state index is 12.3. The van der Waals surface area contributed by atoms with Gasteiger partial charge in [0.1, 0.15) is 0 Å². The summed E-state index contributed by atoms with van der Waals surface area (Å²) in [5.41, 5.74) is 4.25. The summed E-state index contributed by atoms with van der Waals surface area (Å²) in [6.07, 6.45) is 0. The number of nitrogens with zero attached hydrogens (tertiary/aromatic N) is 3. The lowest BCUT2D eigenvalue weighted by Crippen LogP contribution is -2.49. The van der Waals surface area contributed by atoms with Crippen molar-refractivity contribution in [3.63, 3.8) is 0 Å². The normalized spacial score (nSPS) is 16.9. The molecule has 1 aliphatic rings. The number of hydrogen-bond acceptors (Lipinski definition) is 4. The topological polar surface area (TPSA) is 60.2 Å². The molecule has 4 rings (SSSR count). The standard InChI is InChI=1S/C28H28Cl2N4O2/c1-19(20-5-10-24(31-2)11-6-20)33-14-15-34(27(18-33)21-3-8-23(29)9-4-21)26-12-7-22(17-25(26)30)28(36)32-13-16-35/h3-12,17,19,27,35H,13-16,18H2,1H3,(H,32,36)/t19-,27+/m1/s1. The molecule has 0 unspecified atom stereocenters. The van der Waals surface area contributed by atoms with Crippen LogP contribution in [0.15, 0.2) is 66.7 Å². The third kappa shape index (κ3) is 5.83. The fraction of sp³-hybridized carbons (Fsp3) is 0.286. The van der Waals surface area contributed by atoms with Crippen molar-refractivity contribution in [1.29, 1.82) is 0 Å². The van der Waals surface area contributed by atoms with Crippen molar-refractivity contribution in [2.75, 3.05) is 37.7 Å². The van der Waals surface area contributed by atoms with Crippen LogP contribution in [0.4, 0.5) is 11.4 Å².